The number of hydrogen-bond donors (Lipinski definition) is 1. The maximum Gasteiger partial charge on any atom is 0.411 e. The number of nitrogens with one attached hydrogen (secondary N) is 1. The van der Waals surface area contributed by atoms with Crippen molar-refractivity contribution in [3.8, 4) is 0 Å². The minimum Gasteiger partial charge on any atom is -0.458 e. The molecule has 8 heteroatoms. The molecule has 0 aromatic rings. The first-order chi connectivity index (χ1) is 15.4. The molecule has 1 fully saturated rings. The van der Waals surface area contributed by atoms with Gasteiger partial charge in [0.05, 0.1) is 6.67 Å². The van der Waals surface area contributed by atoms with Gasteiger partial charge in [0.2, 0.25) is 5.91 Å². The van der Waals surface area contributed by atoms with E-state index in [0.717, 1.165) is 0 Å². The maximum atomic E-state index is 13.4. The molecule has 1 rings (SSSR count). The van der Waals surface area contributed by atoms with Gasteiger partial charge < -0.3 is 14.8 Å². The molecule has 0 aromatic carbocycles. The number of hydrogen-bond acceptors (Lipinski definition) is 6. The number of carbonyl (C=O) groups is 3. The quantitative estimate of drug-likeness (QED) is 0.328. The van der Waals surface area contributed by atoms with E-state index in [1.807, 2.05) is 54.5 Å². The van der Waals surface area contributed by atoms with Crippen molar-refractivity contribution < 1.29 is 23.9 Å². The van der Waals surface area contributed by atoms with E-state index >= 15 is 0 Å². The Balaban J connectivity index is 3.29. The minimum absolute atomic E-state index is 0.0161. The van der Waals surface area contributed by atoms with Crippen LogP contribution < -0.4 is 5.32 Å². The van der Waals surface area contributed by atoms with Gasteiger partial charge in [0.15, 0.2) is 0 Å². The van der Waals surface area contributed by atoms with Crippen molar-refractivity contribution in [2.75, 3.05) is 13.2 Å². The van der Waals surface area contributed by atoms with Crippen LogP contribution in [-0.4, -0.2) is 69.8 Å². The molecule has 196 valence electrons. The molecular formula is C26H47N3O5. The summed E-state index contributed by atoms with van der Waals surface area (Å²) in [5.41, 5.74) is -1.55. The van der Waals surface area contributed by atoms with Gasteiger partial charge in [-0.15, -0.1) is 0 Å². The molecule has 0 radical (unpaired) electrons. The minimum atomic E-state index is -0.723. The van der Waals surface area contributed by atoms with E-state index in [0.29, 0.717) is 26.1 Å². The first kappa shape index (κ1) is 29.9. The average molecular weight is 482 g/mol. The Bertz CT molecular complexity index is 743. The van der Waals surface area contributed by atoms with Gasteiger partial charge in [-0.3, -0.25) is 14.6 Å². The third-order valence-corrected chi connectivity index (χ3v) is 5.57. The Labute approximate surface area is 206 Å². The molecule has 0 aliphatic carbocycles. The SMILES string of the molecule is CC=C[C@@H]1C[C@H](C(=O)OC(C)(C)C)N(C(=O)OC(C)(C)C)[C@@H]1CCN(CNC(C)=O)C(C)(C)C. The van der Waals surface area contributed by atoms with Crippen molar-refractivity contribution in [1.29, 1.82) is 0 Å². The highest BCUT2D eigenvalue weighted by atomic mass is 16.6. The van der Waals surface area contributed by atoms with E-state index < -0.39 is 29.3 Å². The summed E-state index contributed by atoms with van der Waals surface area (Å²) in [6.45, 7) is 21.6. The number of rotatable bonds is 7. The maximum absolute atomic E-state index is 13.4. The van der Waals surface area contributed by atoms with Crippen LogP contribution in [-0.2, 0) is 19.1 Å². The standard InChI is InChI=1S/C26H47N3O5/c1-12-13-19-16-21(22(31)33-25(6,7)8)29(23(32)34-26(9,10)11)20(19)14-15-28(24(3,4)5)17-27-18(2)30/h12-13,19-21H,14-17H2,1-11H3,(H,27,30)/t19-,20-,21-/m1/s1. The third kappa shape index (κ3) is 9.65. The van der Waals surface area contributed by atoms with Crippen LogP contribution in [0.5, 0.6) is 0 Å². The lowest BCUT2D eigenvalue weighted by Crippen LogP contribution is -2.52. The predicted molar refractivity (Wildman–Crippen MR) is 134 cm³/mol. The van der Waals surface area contributed by atoms with Crippen LogP contribution in [0.25, 0.3) is 0 Å². The van der Waals surface area contributed by atoms with Crippen molar-refractivity contribution >= 4 is 18.0 Å². The van der Waals surface area contributed by atoms with Crippen molar-refractivity contribution in [3.05, 3.63) is 12.2 Å². The van der Waals surface area contributed by atoms with Gasteiger partial charge in [-0.1, -0.05) is 12.2 Å². The summed E-state index contributed by atoms with van der Waals surface area (Å²) >= 11 is 0. The molecule has 1 aliphatic heterocycles. The van der Waals surface area contributed by atoms with E-state index in [9.17, 15) is 14.4 Å². The second-order valence-electron chi connectivity index (χ2n) is 12.0. The average Bonchev–Trinajstić information content (AvgIpc) is 2.96. The number of carbonyl (C=O) groups excluding carboxylic acids is 3. The second-order valence-corrected chi connectivity index (χ2v) is 12.0. The van der Waals surface area contributed by atoms with Gasteiger partial charge >= 0.3 is 12.1 Å². The third-order valence-electron chi connectivity index (χ3n) is 5.57. The fraction of sp³-hybridized carbons (Fsp3) is 0.808. The first-order valence-corrected chi connectivity index (χ1v) is 12.2. The van der Waals surface area contributed by atoms with Crippen LogP contribution in [0.4, 0.5) is 4.79 Å². The van der Waals surface area contributed by atoms with E-state index in [2.05, 4.69) is 37.1 Å². The zero-order chi connectivity index (χ0) is 26.5. The predicted octanol–water partition coefficient (Wildman–Crippen LogP) is 4.48. The Morgan fingerprint density at radius 3 is 2.00 bits per heavy atom. The second kappa shape index (κ2) is 11.6. The Kier molecular flexibility index (Phi) is 10.2. The topological polar surface area (TPSA) is 88.2 Å². The van der Waals surface area contributed by atoms with Crippen LogP contribution in [0.2, 0.25) is 0 Å². The van der Waals surface area contributed by atoms with E-state index in [4.69, 9.17) is 9.47 Å². The zero-order valence-corrected chi connectivity index (χ0v) is 23.2. The smallest absolute Gasteiger partial charge is 0.411 e. The molecule has 0 aromatic heterocycles. The van der Waals surface area contributed by atoms with E-state index in [1.54, 1.807) is 4.90 Å². The molecule has 1 aliphatic rings. The van der Waals surface area contributed by atoms with Crippen LogP contribution >= 0.6 is 0 Å². The fourth-order valence-electron chi connectivity index (χ4n) is 4.08. The normalized spacial score (nSPS) is 21.8. The molecule has 0 spiro atoms. The summed E-state index contributed by atoms with van der Waals surface area (Å²) in [6.07, 6.45) is 4.60. The van der Waals surface area contributed by atoms with Gasteiger partial charge in [0.1, 0.15) is 17.2 Å². The number of allylic oxidation sites excluding steroid dienone is 1. The van der Waals surface area contributed by atoms with Crippen LogP contribution in [0.1, 0.15) is 89.0 Å². The van der Waals surface area contributed by atoms with Crippen molar-refractivity contribution in [1.82, 2.24) is 15.1 Å². The number of ether oxygens (including phenoxy) is 2. The largest absolute Gasteiger partial charge is 0.458 e. The molecule has 3 atom stereocenters. The Hall–Kier alpha value is -2.09. The van der Waals surface area contributed by atoms with Gasteiger partial charge in [-0.25, -0.2) is 9.59 Å². The molecule has 1 heterocycles. The highest BCUT2D eigenvalue weighted by Gasteiger charge is 2.49. The molecule has 0 saturated carbocycles. The lowest BCUT2D eigenvalue weighted by Gasteiger charge is -2.38. The number of nitrogens with zero attached hydrogens (tertiary/aromatic N) is 2. The number of esters is 1. The highest BCUT2D eigenvalue weighted by Crippen LogP contribution is 2.36. The lowest BCUT2D eigenvalue weighted by molar-refractivity contribution is -0.160. The summed E-state index contributed by atoms with van der Waals surface area (Å²) in [7, 11) is 0. The number of amides is 2. The van der Waals surface area contributed by atoms with Crippen LogP contribution in [0.3, 0.4) is 0 Å². The molecule has 8 nitrogen and oxygen atoms in total. The lowest BCUT2D eigenvalue weighted by atomic mass is 9.95. The zero-order valence-electron chi connectivity index (χ0n) is 23.2. The van der Waals surface area contributed by atoms with Crippen molar-refractivity contribution in [2.45, 2.75) is 118 Å². The molecule has 1 saturated heterocycles. The summed E-state index contributed by atoms with van der Waals surface area (Å²) in [4.78, 5) is 41.8. The number of likely N-dealkylation sites (tertiary alicyclic amines) is 1. The van der Waals surface area contributed by atoms with E-state index in [1.165, 1.54) is 6.92 Å². The summed E-state index contributed by atoms with van der Waals surface area (Å²) in [5.74, 6) is -0.527. The van der Waals surface area contributed by atoms with Gasteiger partial charge in [0.25, 0.3) is 0 Å². The van der Waals surface area contributed by atoms with E-state index in [-0.39, 0.29) is 23.4 Å². The Morgan fingerprint density at radius 1 is 1.00 bits per heavy atom. The summed E-state index contributed by atoms with van der Waals surface area (Å²) in [6, 6.07) is -0.968. The molecule has 1 N–H and O–H groups in total. The first-order valence-electron chi connectivity index (χ1n) is 12.2. The van der Waals surface area contributed by atoms with Crippen molar-refractivity contribution in [2.24, 2.45) is 5.92 Å². The van der Waals surface area contributed by atoms with Gasteiger partial charge in [-0.05, 0) is 88.0 Å². The molecule has 0 unspecified atom stereocenters. The fourth-order valence-corrected chi connectivity index (χ4v) is 4.08. The molecular weight excluding hydrogens is 434 g/mol. The highest BCUT2D eigenvalue weighted by molar-refractivity contribution is 5.83. The Morgan fingerprint density at radius 2 is 1.56 bits per heavy atom. The van der Waals surface area contributed by atoms with Gasteiger partial charge in [0, 0.05) is 25.0 Å². The van der Waals surface area contributed by atoms with Crippen LogP contribution in [0, 0.1) is 5.92 Å². The molecule has 2 amide bonds. The molecule has 0 bridgehead atoms. The molecule has 34 heavy (non-hydrogen) atoms. The van der Waals surface area contributed by atoms with Crippen molar-refractivity contribution in [3.63, 3.8) is 0 Å². The summed E-state index contributed by atoms with van der Waals surface area (Å²) < 4.78 is 11.4. The van der Waals surface area contributed by atoms with Gasteiger partial charge in [-0.2, -0.15) is 0 Å². The van der Waals surface area contributed by atoms with Crippen LogP contribution in [0.15, 0.2) is 12.2 Å². The monoisotopic (exact) mass is 481 g/mol. The summed E-state index contributed by atoms with van der Waals surface area (Å²) in [5, 5.41) is 2.88.